The number of fused-ring (bicyclic) bond motifs is 1. The third kappa shape index (κ3) is 3.10. The number of ether oxygens (including phenoxy) is 1. The molecule has 0 amide bonds. The smallest absolute Gasteiger partial charge is 0.200 e. The van der Waals surface area contributed by atoms with Gasteiger partial charge in [0.05, 0.1) is 17.1 Å². The molecule has 1 aromatic heterocycles. The van der Waals surface area contributed by atoms with Gasteiger partial charge in [0, 0.05) is 11.1 Å². The molecule has 0 unspecified atom stereocenters. The Balaban J connectivity index is 2.16. The summed E-state index contributed by atoms with van der Waals surface area (Å²) in [4.78, 5) is 12.8. The molecule has 23 heavy (non-hydrogen) atoms. The van der Waals surface area contributed by atoms with Crippen LogP contribution in [0.25, 0.3) is 22.1 Å². The Labute approximate surface area is 139 Å². The fourth-order valence-corrected chi connectivity index (χ4v) is 2.70. The molecule has 0 atom stereocenters. The van der Waals surface area contributed by atoms with Crippen LogP contribution in [0.15, 0.2) is 51.9 Å². The molecule has 2 aromatic carbocycles. The summed E-state index contributed by atoms with van der Waals surface area (Å²) >= 11 is 6.06. The van der Waals surface area contributed by atoms with E-state index in [9.17, 15) is 4.79 Å². The first kappa shape index (κ1) is 15.6. The molecule has 3 aromatic rings. The van der Waals surface area contributed by atoms with Crippen LogP contribution in [0.4, 0.5) is 0 Å². The molecule has 118 valence electrons. The average Bonchev–Trinajstić information content (AvgIpc) is 2.50. The van der Waals surface area contributed by atoms with Crippen LogP contribution in [0.2, 0.25) is 5.02 Å². The van der Waals surface area contributed by atoms with E-state index in [0.29, 0.717) is 27.3 Å². The molecule has 0 bridgehead atoms. The fourth-order valence-electron chi connectivity index (χ4n) is 2.52. The zero-order chi connectivity index (χ0) is 16.6. The van der Waals surface area contributed by atoms with Gasteiger partial charge in [0.25, 0.3) is 0 Å². The van der Waals surface area contributed by atoms with Gasteiger partial charge in [-0.05, 0) is 56.2 Å². The first-order valence-electron chi connectivity index (χ1n) is 7.44. The Bertz CT molecular complexity index is 926. The molecule has 0 saturated carbocycles. The Hall–Kier alpha value is -2.26. The molecule has 3 rings (SSSR count). The van der Waals surface area contributed by atoms with E-state index in [2.05, 4.69) is 0 Å². The lowest BCUT2D eigenvalue weighted by Crippen LogP contribution is -2.07. The van der Waals surface area contributed by atoms with Gasteiger partial charge in [-0.2, -0.15) is 0 Å². The van der Waals surface area contributed by atoms with E-state index >= 15 is 0 Å². The van der Waals surface area contributed by atoms with Gasteiger partial charge in [-0.15, -0.1) is 0 Å². The first-order valence-corrected chi connectivity index (χ1v) is 7.82. The highest BCUT2D eigenvalue weighted by Gasteiger charge is 2.12. The predicted octanol–water partition coefficient (Wildman–Crippen LogP) is 5.21. The molecule has 1 heterocycles. The summed E-state index contributed by atoms with van der Waals surface area (Å²) in [6.45, 7) is 5.84. The molecular formula is C19H17ClO3. The normalized spacial score (nSPS) is 11.2. The Kier molecular flexibility index (Phi) is 4.14. The maximum atomic E-state index is 12.8. The third-order valence-electron chi connectivity index (χ3n) is 3.61. The summed E-state index contributed by atoms with van der Waals surface area (Å²) < 4.78 is 11.3. The maximum absolute atomic E-state index is 12.8. The van der Waals surface area contributed by atoms with E-state index < -0.39 is 0 Å². The lowest BCUT2D eigenvalue weighted by atomic mass is 10.0. The van der Waals surface area contributed by atoms with E-state index in [0.717, 1.165) is 11.1 Å². The zero-order valence-electron chi connectivity index (χ0n) is 13.2. The van der Waals surface area contributed by atoms with Crippen molar-refractivity contribution in [3.63, 3.8) is 0 Å². The number of aryl methyl sites for hydroxylation is 1. The summed E-state index contributed by atoms with van der Waals surface area (Å²) in [6, 6.07) is 10.7. The summed E-state index contributed by atoms with van der Waals surface area (Å²) in [5, 5.41) is 1.11. The second kappa shape index (κ2) is 6.09. The van der Waals surface area contributed by atoms with Crippen molar-refractivity contribution in [2.75, 3.05) is 0 Å². The zero-order valence-corrected chi connectivity index (χ0v) is 14.0. The average molecular weight is 329 g/mol. The van der Waals surface area contributed by atoms with Crippen LogP contribution in [0, 0.1) is 6.92 Å². The summed E-state index contributed by atoms with van der Waals surface area (Å²) in [6.07, 6.45) is 1.55. The van der Waals surface area contributed by atoms with Crippen molar-refractivity contribution in [2.24, 2.45) is 0 Å². The lowest BCUT2D eigenvalue weighted by molar-refractivity contribution is 0.242. The minimum Gasteiger partial charge on any atom is -0.491 e. The van der Waals surface area contributed by atoms with Gasteiger partial charge in [0.15, 0.2) is 0 Å². The summed E-state index contributed by atoms with van der Waals surface area (Å²) in [5.41, 5.74) is 2.70. The van der Waals surface area contributed by atoms with Crippen molar-refractivity contribution < 1.29 is 9.15 Å². The van der Waals surface area contributed by atoms with Gasteiger partial charge in [-0.25, -0.2) is 0 Å². The molecule has 0 aliphatic heterocycles. The number of halogens is 1. The monoisotopic (exact) mass is 328 g/mol. The highest BCUT2D eigenvalue weighted by Crippen LogP contribution is 2.27. The largest absolute Gasteiger partial charge is 0.491 e. The number of benzene rings is 2. The molecular weight excluding hydrogens is 312 g/mol. The second-order valence-electron chi connectivity index (χ2n) is 5.76. The van der Waals surface area contributed by atoms with Crippen LogP contribution < -0.4 is 10.2 Å². The fraction of sp³-hybridized carbons (Fsp3) is 0.211. The summed E-state index contributed by atoms with van der Waals surface area (Å²) in [5.74, 6) is 0.683. The molecule has 0 radical (unpaired) electrons. The predicted molar refractivity (Wildman–Crippen MR) is 93.4 cm³/mol. The highest BCUT2D eigenvalue weighted by molar-refractivity contribution is 6.30. The van der Waals surface area contributed by atoms with Crippen molar-refractivity contribution in [3.05, 3.63) is 63.5 Å². The maximum Gasteiger partial charge on any atom is 0.200 e. The molecule has 0 aliphatic rings. The minimum absolute atomic E-state index is 0.0626. The van der Waals surface area contributed by atoms with Crippen LogP contribution in [-0.4, -0.2) is 6.10 Å². The van der Waals surface area contributed by atoms with E-state index in [4.69, 9.17) is 20.8 Å². The van der Waals surface area contributed by atoms with E-state index in [1.165, 1.54) is 6.26 Å². The molecule has 4 heteroatoms. The van der Waals surface area contributed by atoms with Crippen LogP contribution in [0.1, 0.15) is 19.4 Å². The van der Waals surface area contributed by atoms with Gasteiger partial charge in [0.1, 0.15) is 17.6 Å². The topological polar surface area (TPSA) is 39.4 Å². The number of rotatable bonds is 3. The molecule has 3 nitrogen and oxygen atoms in total. The molecule has 0 N–H and O–H groups in total. The highest BCUT2D eigenvalue weighted by atomic mass is 35.5. The van der Waals surface area contributed by atoms with Crippen molar-refractivity contribution in [1.82, 2.24) is 0 Å². The SMILES string of the molecule is Cc1ccc(Cl)cc1-c1coc2cc(OC(C)C)ccc2c1=O. The molecule has 0 spiro atoms. The standard InChI is InChI=1S/C19H17ClO3/c1-11(2)23-14-6-7-15-18(9-14)22-10-17(19(15)21)16-8-13(20)5-4-12(16)3/h4-11H,1-3H3. The first-order chi connectivity index (χ1) is 11.0. The van der Waals surface area contributed by atoms with Gasteiger partial charge >= 0.3 is 0 Å². The lowest BCUT2D eigenvalue weighted by Gasteiger charge is -2.10. The molecule has 0 aliphatic carbocycles. The van der Waals surface area contributed by atoms with Crippen LogP contribution >= 0.6 is 11.6 Å². The van der Waals surface area contributed by atoms with E-state index in [1.54, 1.807) is 30.3 Å². The van der Waals surface area contributed by atoms with E-state index in [-0.39, 0.29) is 11.5 Å². The Morgan fingerprint density at radius 2 is 1.87 bits per heavy atom. The quantitative estimate of drug-likeness (QED) is 0.662. The Morgan fingerprint density at radius 1 is 1.09 bits per heavy atom. The van der Waals surface area contributed by atoms with Crippen molar-refractivity contribution in [1.29, 1.82) is 0 Å². The van der Waals surface area contributed by atoms with E-state index in [1.807, 2.05) is 26.8 Å². The van der Waals surface area contributed by atoms with Crippen molar-refractivity contribution in [2.45, 2.75) is 26.9 Å². The van der Waals surface area contributed by atoms with Gasteiger partial charge in [-0.1, -0.05) is 17.7 Å². The number of hydrogen-bond donors (Lipinski definition) is 0. The Morgan fingerprint density at radius 3 is 2.61 bits per heavy atom. The van der Waals surface area contributed by atoms with Gasteiger partial charge in [0.2, 0.25) is 5.43 Å². The van der Waals surface area contributed by atoms with Gasteiger partial charge in [-0.3, -0.25) is 4.79 Å². The van der Waals surface area contributed by atoms with Gasteiger partial charge < -0.3 is 9.15 Å². The van der Waals surface area contributed by atoms with Crippen molar-refractivity contribution >= 4 is 22.6 Å². The third-order valence-corrected chi connectivity index (χ3v) is 3.84. The van der Waals surface area contributed by atoms with Crippen molar-refractivity contribution in [3.8, 4) is 16.9 Å². The summed E-state index contributed by atoms with van der Waals surface area (Å²) in [7, 11) is 0. The number of hydrogen-bond acceptors (Lipinski definition) is 3. The second-order valence-corrected chi connectivity index (χ2v) is 6.20. The van der Waals surface area contributed by atoms with Crippen LogP contribution in [0.5, 0.6) is 5.75 Å². The molecule has 0 saturated heterocycles. The molecule has 0 fully saturated rings. The van der Waals surface area contributed by atoms with Crippen LogP contribution in [-0.2, 0) is 0 Å². The van der Waals surface area contributed by atoms with Crippen LogP contribution in [0.3, 0.4) is 0 Å². The minimum atomic E-state index is -0.0762.